The minimum Gasteiger partial charge on any atom is -0.393 e. The molecular weight excluding hydrogens is 426 g/mol. The fourth-order valence-electron chi connectivity index (χ4n) is 9.44. The maximum Gasteiger partial charge on any atom is 0.433 e. The van der Waals surface area contributed by atoms with Gasteiger partial charge in [-0.2, -0.15) is 0 Å². The molecule has 3 N–H and O–H groups in total. The minimum atomic E-state index is -0.430. The molecule has 34 heavy (non-hydrogen) atoms. The van der Waals surface area contributed by atoms with E-state index in [1.807, 2.05) is 0 Å². The molecule has 0 aromatic carbocycles. The van der Waals surface area contributed by atoms with Gasteiger partial charge in [-0.25, -0.2) is 4.79 Å². The summed E-state index contributed by atoms with van der Waals surface area (Å²) in [7, 11) is 0. The quantitative estimate of drug-likeness (QED) is 0.296. The fraction of sp³-hybridized carbons (Fsp3) is 0.929. The van der Waals surface area contributed by atoms with E-state index in [1.165, 1.54) is 51.4 Å². The van der Waals surface area contributed by atoms with Gasteiger partial charge in [0.05, 0.1) is 11.8 Å². The van der Waals surface area contributed by atoms with Crippen molar-refractivity contribution in [2.45, 2.75) is 110 Å². The number of fused-ring (bicyclic) bond motifs is 5. The predicted molar refractivity (Wildman–Crippen MR) is 134 cm³/mol. The van der Waals surface area contributed by atoms with Crippen LogP contribution in [0.15, 0.2) is 5.16 Å². The first-order valence-electron chi connectivity index (χ1n) is 14.2. The summed E-state index contributed by atoms with van der Waals surface area (Å²) < 4.78 is 0. The molecule has 0 bridgehead atoms. The molecule has 5 rings (SSSR count). The van der Waals surface area contributed by atoms with Crippen LogP contribution in [0.1, 0.15) is 97.8 Å². The van der Waals surface area contributed by atoms with Crippen LogP contribution in [0.3, 0.4) is 0 Å². The van der Waals surface area contributed by atoms with Gasteiger partial charge in [0.15, 0.2) is 0 Å². The van der Waals surface area contributed by atoms with Crippen molar-refractivity contribution >= 4 is 11.8 Å². The average molecular weight is 474 g/mol. The summed E-state index contributed by atoms with van der Waals surface area (Å²) in [4.78, 5) is 17.6. The van der Waals surface area contributed by atoms with Gasteiger partial charge >= 0.3 is 6.09 Å². The van der Waals surface area contributed by atoms with E-state index in [0.29, 0.717) is 29.8 Å². The number of carbonyl (C=O) groups excluding carboxylic acids is 1. The Morgan fingerprint density at radius 2 is 1.82 bits per heavy atom. The number of hydrogen-bond donors (Lipinski definition) is 3. The van der Waals surface area contributed by atoms with E-state index in [1.54, 1.807) is 0 Å². The molecule has 5 fully saturated rings. The van der Waals surface area contributed by atoms with Crippen LogP contribution in [-0.2, 0) is 4.84 Å². The van der Waals surface area contributed by atoms with E-state index in [0.717, 1.165) is 55.7 Å². The van der Waals surface area contributed by atoms with Gasteiger partial charge in [0.25, 0.3) is 0 Å². The lowest BCUT2D eigenvalue weighted by molar-refractivity contribution is -0.123. The van der Waals surface area contributed by atoms with Crippen LogP contribution in [0.5, 0.6) is 0 Å². The number of oxime groups is 1. The number of amides is 1. The third-order valence-electron chi connectivity index (χ3n) is 11.3. The van der Waals surface area contributed by atoms with Crippen molar-refractivity contribution in [2.75, 3.05) is 13.1 Å². The van der Waals surface area contributed by atoms with E-state index in [9.17, 15) is 9.90 Å². The maximum absolute atomic E-state index is 12.3. The fourth-order valence-corrected chi connectivity index (χ4v) is 9.44. The normalized spacial score (nSPS) is 46.7. The van der Waals surface area contributed by atoms with Crippen molar-refractivity contribution in [3.05, 3.63) is 0 Å². The van der Waals surface area contributed by atoms with Crippen LogP contribution in [0.25, 0.3) is 0 Å². The molecule has 1 heterocycles. The van der Waals surface area contributed by atoms with Crippen molar-refractivity contribution in [3.63, 3.8) is 0 Å². The summed E-state index contributed by atoms with van der Waals surface area (Å²) in [5.74, 6) is 3.48. The average Bonchev–Trinajstić information content (AvgIpc) is 3.19. The number of aliphatic hydroxyl groups is 1. The van der Waals surface area contributed by atoms with Gasteiger partial charge in [-0.05, 0) is 119 Å². The lowest BCUT2D eigenvalue weighted by atomic mass is 9.44. The van der Waals surface area contributed by atoms with Gasteiger partial charge in [0, 0.05) is 18.5 Å². The highest BCUT2D eigenvalue weighted by molar-refractivity contribution is 5.85. The molecule has 0 radical (unpaired) electrons. The molecule has 0 aromatic rings. The van der Waals surface area contributed by atoms with E-state index in [2.05, 4.69) is 36.6 Å². The number of piperidine rings is 1. The zero-order chi connectivity index (χ0) is 23.9. The molecule has 1 aliphatic heterocycles. The predicted octanol–water partition coefficient (Wildman–Crippen LogP) is 5.25. The van der Waals surface area contributed by atoms with Gasteiger partial charge in [0.1, 0.15) is 0 Å². The molecule has 192 valence electrons. The van der Waals surface area contributed by atoms with Crippen molar-refractivity contribution < 1.29 is 14.7 Å². The van der Waals surface area contributed by atoms with Crippen LogP contribution in [0.2, 0.25) is 0 Å². The van der Waals surface area contributed by atoms with Gasteiger partial charge in [-0.1, -0.05) is 25.4 Å². The number of hydrogen-bond acceptors (Lipinski definition) is 5. The molecule has 4 saturated carbocycles. The first-order valence-corrected chi connectivity index (χ1v) is 14.2. The Morgan fingerprint density at radius 3 is 2.62 bits per heavy atom. The third-order valence-corrected chi connectivity index (χ3v) is 11.3. The van der Waals surface area contributed by atoms with Gasteiger partial charge in [-0.3, -0.25) is 4.84 Å². The van der Waals surface area contributed by atoms with Crippen LogP contribution < -0.4 is 10.6 Å². The monoisotopic (exact) mass is 473 g/mol. The summed E-state index contributed by atoms with van der Waals surface area (Å²) in [6, 6.07) is 0.348. The number of nitrogens with zero attached hydrogens (tertiary/aromatic N) is 1. The second-order valence-corrected chi connectivity index (χ2v) is 12.9. The van der Waals surface area contributed by atoms with E-state index >= 15 is 0 Å². The van der Waals surface area contributed by atoms with Crippen molar-refractivity contribution in [3.8, 4) is 0 Å². The van der Waals surface area contributed by atoms with Gasteiger partial charge < -0.3 is 15.7 Å². The van der Waals surface area contributed by atoms with Crippen molar-refractivity contribution in [1.29, 1.82) is 0 Å². The van der Waals surface area contributed by atoms with Gasteiger partial charge in [0.2, 0.25) is 0 Å². The van der Waals surface area contributed by atoms with Crippen LogP contribution in [0.4, 0.5) is 4.79 Å². The zero-order valence-corrected chi connectivity index (χ0v) is 21.7. The summed E-state index contributed by atoms with van der Waals surface area (Å²) >= 11 is 0. The minimum absolute atomic E-state index is 0.0747. The SMILES string of the molecule is C/C(=N\OC(=O)NCC1CCCCN1)[C@H]1CC[C@H]2[C@@H]3CC[C@H]4C[C@@H](O)CC[C@]4(C)[C@H]3CC[C@]12C. The largest absolute Gasteiger partial charge is 0.433 e. The summed E-state index contributed by atoms with van der Waals surface area (Å²) in [6.45, 7) is 8.76. The van der Waals surface area contributed by atoms with E-state index in [-0.39, 0.29) is 11.5 Å². The van der Waals surface area contributed by atoms with Crippen molar-refractivity contribution in [1.82, 2.24) is 10.6 Å². The smallest absolute Gasteiger partial charge is 0.393 e. The first kappa shape index (κ1) is 24.5. The number of carbonyl (C=O) groups is 1. The van der Waals surface area contributed by atoms with Gasteiger partial charge in [-0.15, -0.1) is 0 Å². The molecule has 0 spiro atoms. The lowest BCUT2D eigenvalue weighted by Gasteiger charge is -2.61. The molecule has 6 heteroatoms. The van der Waals surface area contributed by atoms with Crippen molar-refractivity contribution in [2.24, 2.45) is 45.6 Å². The molecule has 1 saturated heterocycles. The molecule has 4 aliphatic carbocycles. The third kappa shape index (κ3) is 4.42. The highest BCUT2D eigenvalue weighted by Gasteiger charge is 2.60. The van der Waals surface area contributed by atoms with Crippen LogP contribution >= 0.6 is 0 Å². The van der Waals surface area contributed by atoms with Crippen LogP contribution in [0, 0.1) is 40.4 Å². The Morgan fingerprint density at radius 1 is 1.03 bits per heavy atom. The Labute approximate surface area is 206 Å². The number of nitrogens with one attached hydrogen (secondary N) is 2. The summed E-state index contributed by atoms with van der Waals surface area (Å²) in [5, 5.41) is 21.0. The highest BCUT2D eigenvalue weighted by atomic mass is 16.7. The molecule has 9 atom stereocenters. The molecule has 6 nitrogen and oxygen atoms in total. The molecule has 5 aliphatic rings. The molecule has 1 amide bonds. The molecule has 1 unspecified atom stereocenters. The Bertz CT molecular complexity index is 781. The number of rotatable bonds is 4. The highest BCUT2D eigenvalue weighted by Crippen LogP contribution is 2.67. The lowest BCUT2D eigenvalue weighted by Crippen LogP contribution is -2.54. The summed E-state index contributed by atoms with van der Waals surface area (Å²) in [6.07, 6.45) is 13.9. The first-order chi connectivity index (χ1) is 16.3. The summed E-state index contributed by atoms with van der Waals surface area (Å²) in [5.41, 5.74) is 1.67. The standard InChI is InChI=1S/C28H47N3O3/c1-18(31-34-26(33)30-17-20-6-4-5-15-29-20)23-9-10-24-22-8-7-19-16-21(32)11-13-27(19,2)25(22)12-14-28(23,24)3/h19-25,29,32H,4-17H2,1-3H3,(H,30,33)/b31-18+/t19-,20?,21-,22-,23+,24-,25-,27-,28+/m0/s1. The Hall–Kier alpha value is -1.14. The zero-order valence-electron chi connectivity index (χ0n) is 21.7. The second-order valence-electron chi connectivity index (χ2n) is 12.9. The maximum atomic E-state index is 12.3. The van der Waals surface area contributed by atoms with E-state index in [4.69, 9.17) is 4.84 Å². The Balaban J connectivity index is 1.20. The molecular formula is C28H47N3O3. The number of aliphatic hydroxyl groups excluding tert-OH is 1. The second kappa shape index (κ2) is 9.72. The van der Waals surface area contributed by atoms with Crippen LogP contribution in [-0.4, -0.2) is 42.1 Å². The van der Waals surface area contributed by atoms with E-state index < -0.39 is 6.09 Å². The Kier molecular flexibility index (Phi) is 7.02. The topological polar surface area (TPSA) is 83.0 Å². The molecule has 0 aromatic heterocycles.